The number of nitrogens with two attached hydrogens (primary N) is 1. The zero-order valence-corrected chi connectivity index (χ0v) is 10.2. The van der Waals surface area contributed by atoms with Crippen LogP contribution in [0, 0.1) is 11.6 Å². The number of amides is 1. The van der Waals surface area contributed by atoms with Crippen molar-refractivity contribution in [2.75, 3.05) is 5.32 Å². The van der Waals surface area contributed by atoms with Gasteiger partial charge in [-0.15, -0.1) is 12.4 Å². The first-order chi connectivity index (χ1) is 7.52. The second-order valence-electron chi connectivity index (χ2n) is 3.54. The molecular weight excluding hydrogens is 250 g/mol. The fourth-order valence-electron chi connectivity index (χ4n) is 1.30. The summed E-state index contributed by atoms with van der Waals surface area (Å²) in [5.41, 5.74) is 5.63. The van der Waals surface area contributed by atoms with Gasteiger partial charge in [-0.25, -0.2) is 8.78 Å². The SMILES string of the molecule is CCCC(N)C(=O)Nc1cc(F)cc(F)c1.Cl. The van der Waals surface area contributed by atoms with Crippen molar-refractivity contribution in [3.8, 4) is 0 Å². The average Bonchev–Trinajstić information content (AvgIpc) is 2.16. The highest BCUT2D eigenvalue weighted by molar-refractivity contribution is 5.94. The van der Waals surface area contributed by atoms with Crippen LogP contribution < -0.4 is 11.1 Å². The Bertz CT molecular complexity index is 367. The summed E-state index contributed by atoms with van der Waals surface area (Å²) in [6.07, 6.45) is 1.30. The van der Waals surface area contributed by atoms with Gasteiger partial charge in [0.25, 0.3) is 0 Å². The first-order valence-corrected chi connectivity index (χ1v) is 5.05. The second kappa shape index (κ2) is 7.19. The lowest BCUT2D eigenvalue weighted by Gasteiger charge is -2.11. The molecule has 0 bridgehead atoms. The number of rotatable bonds is 4. The van der Waals surface area contributed by atoms with Gasteiger partial charge in [-0.1, -0.05) is 13.3 Å². The smallest absolute Gasteiger partial charge is 0.241 e. The van der Waals surface area contributed by atoms with E-state index in [2.05, 4.69) is 5.32 Å². The molecular formula is C11H15ClF2N2O. The van der Waals surface area contributed by atoms with Crippen LogP contribution in [0.3, 0.4) is 0 Å². The Hall–Kier alpha value is -1.20. The van der Waals surface area contributed by atoms with E-state index in [9.17, 15) is 13.6 Å². The van der Waals surface area contributed by atoms with Gasteiger partial charge in [0, 0.05) is 11.8 Å². The first kappa shape index (κ1) is 15.8. The number of halogens is 3. The standard InChI is InChI=1S/C11H14F2N2O.ClH/c1-2-3-10(14)11(16)15-9-5-7(12)4-8(13)6-9;/h4-6,10H,2-3,14H2,1H3,(H,15,16);1H. The Morgan fingerprint density at radius 2 is 1.88 bits per heavy atom. The summed E-state index contributed by atoms with van der Waals surface area (Å²) in [7, 11) is 0. The van der Waals surface area contributed by atoms with Gasteiger partial charge in [0.1, 0.15) is 11.6 Å². The molecule has 1 rings (SSSR count). The molecule has 17 heavy (non-hydrogen) atoms. The van der Waals surface area contributed by atoms with Crippen LogP contribution in [0.2, 0.25) is 0 Å². The summed E-state index contributed by atoms with van der Waals surface area (Å²) >= 11 is 0. The molecule has 1 atom stereocenters. The molecule has 1 aromatic rings. The molecule has 6 heteroatoms. The Labute approximate surface area is 105 Å². The van der Waals surface area contributed by atoms with E-state index in [1.807, 2.05) is 6.92 Å². The number of nitrogens with one attached hydrogen (secondary N) is 1. The maximum absolute atomic E-state index is 12.8. The molecule has 0 fully saturated rings. The first-order valence-electron chi connectivity index (χ1n) is 5.05. The molecule has 0 saturated heterocycles. The number of carbonyl (C=O) groups is 1. The Kier molecular flexibility index (Phi) is 6.68. The van der Waals surface area contributed by atoms with Gasteiger partial charge in [-0.2, -0.15) is 0 Å². The van der Waals surface area contributed by atoms with E-state index in [0.29, 0.717) is 6.42 Å². The van der Waals surface area contributed by atoms with Crippen LogP contribution in [-0.4, -0.2) is 11.9 Å². The highest BCUT2D eigenvalue weighted by Crippen LogP contribution is 2.13. The van der Waals surface area contributed by atoms with Crippen molar-refractivity contribution in [2.45, 2.75) is 25.8 Å². The summed E-state index contributed by atoms with van der Waals surface area (Å²) in [6, 6.07) is 2.16. The van der Waals surface area contributed by atoms with Gasteiger partial charge in [0.15, 0.2) is 0 Å². The molecule has 1 unspecified atom stereocenters. The molecule has 0 radical (unpaired) electrons. The van der Waals surface area contributed by atoms with E-state index in [1.165, 1.54) is 0 Å². The van der Waals surface area contributed by atoms with Crippen molar-refractivity contribution < 1.29 is 13.6 Å². The Morgan fingerprint density at radius 1 is 1.35 bits per heavy atom. The van der Waals surface area contributed by atoms with Gasteiger partial charge >= 0.3 is 0 Å². The lowest BCUT2D eigenvalue weighted by Crippen LogP contribution is -2.35. The zero-order chi connectivity index (χ0) is 12.1. The topological polar surface area (TPSA) is 55.1 Å². The summed E-state index contributed by atoms with van der Waals surface area (Å²) in [5, 5.41) is 2.36. The largest absolute Gasteiger partial charge is 0.325 e. The van der Waals surface area contributed by atoms with Crippen molar-refractivity contribution in [3.63, 3.8) is 0 Å². The van der Waals surface area contributed by atoms with Gasteiger partial charge in [-0.3, -0.25) is 4.79 Å². The van der Waals surface area contributed by atoms with Crippen LogP contribution in [0.4, 0.5) is 14.5 Å². The van der Waals surface area contributed by atoms with Crippen LogP contribution in [0.5, 0.6) is 0 Å². The third-order valence-corrected chi connectivity index (χ3v) is 2.07. The predicted octanol–water partition coefficient (Wildman–Crippen LogP) is 2.45. The van der Waals surface area contributed by atoms with Crippen molar-refractivity contribution >= 4 is 24.0 Å². The number of benzene rings is 1. The number of anilines is 1. The fourth-order valence-corrected chi connectivity index (χ4v) is 1.30. The lowest BCUT2D eigenvalue weighted by atomic mass is 10.1. The lowest BCUT2D eigenvalue weighted by molar-refractivity contribution is -0.117. The molecule has 96 valence electrons. The molecule has 3 nitrogen and oxygen atoms in total. The van der Waals surface area contributed by atoms with E-state index < -0.39 is 23.6 Å². The van der Waals surface area contributed by atoms with E-state index in [-0.39, 0.29) is 18.1 Å². The molecule has 0 aliphatic heterocycles. The minimum atomic E-state index is -0.737. The van der Waals surface area contributed by atoms with Crippen molar-refractivity contribution in [3.05, 3.63) is 29.8 Å². The van der Waals surface area contributed by atoms with Crippen LogP contribution in [0.25, 0.3) is 0 Å². The van der Waals surface area contributed by atoms with Gasteiger partial charge < -0.3 is 11.1 Å². The predicted molar refractivity (Wildman–Crippen MR) is 65.1 cm³/mol. The van der Waals surface area contributed by atoms with Crippen molar-refractivity contribution in [2.24, 2.45) is 5.73 Å². The minimum Gasteiger partial charge on any atom is -0.325 e. The third kappa shape index (κ3) is 5.10. The molecule has 0 aromatic heterocycles. The van der Waals surface area contributed by atoms with Gasteiger partial charge in [0.05, 0.1) is 6.04 Å². The highest BCUT2D eigenvalue weighted by Gasteiger charge is 2.12. The van der Waals surface area contributed by atoms with Crippen LogP contribution in [0.1, 0.15) is 19.8 Å². The highest BCUT2D eigenvalue weighted by atomic mass is 35.5. The second-order valence-corrected chi connectivity index (χ2v) is 3.54. The van der Waals surface area contributed by atoms with E-state index in [1.54, 1.807) is 0 Å². The van der Waals surface area contributed by atoms with Gasteiger partial charge in [0.2, 0.25) is 5.91 Å². The average molecular weight is 265 g/mol. The number of hydrogen-bond acceptors (Lipinski definition) is 2. The molecule has 3 N–H and O–H groups in total. The molecule has 1 aromatic carbocycles. The van der Waals surface area contributed by atoms with Crippen molar-refractivity contribution in [1.82, 2.24) is 0 Å². The summed E-state index contributed by atoms with van der Waals surface area (Å²) in [5.74, 6) is -1.91. The molecule has 0 aliphatic rings. The summed E-state index contributed by atoms with van der Waals surface area (Å²) in [6.45, 7) is 1.90. The Morgan fingerprint density at radius 3 is 2.35 bits per heavy atom. The maximum Gasteiger partial charge on any atom is 0.241 e. The third-order valence-electron chi connectivity index (χ3n) is 2.07. The van der Waals surface area contributed by atoms with Crippen LogP contribution >= 0.6 is 12.4 Å². The van der Waals surface area contributed by atoms with E-state index >= 15 is 0 Å². The molecule has 0 spiro atoms. The summed E-state index contributed by atoms with van der Waals surface area (Å²) < 4.78 is 25.6. The van der Waals surface area contributed by atoms with Crippen LogP contribution in [-0.2, 0) is 4.79 Å². The van der Waals surface area contributed by atoms with E-state index in [0.717, 1.165) is 24.6 Å². The minimum absolute atomic E-state index is 0. The van der Waals surface area contributed by atoms with Gasteiger partial charge in [-0.05, 0) is 18.6 Å². The maximum atomic E-state index is 12.8. The number of carbonyl (C=O) groups excluding carboxylic acids is 1. The molecule has 1 amide bonds. The molecule has 0 heterocycles. The Balaban J connectivity index is 0.00000256. The summed E-state index contributed by atoms with van der Waals surface area (Å²) in [4.78, 5) is 11.4. The van der Waals surface area contributed by atoms with Crippen molar-refractivity contribution in [1.29, 1.82) is 0 Å². The monoisotopic (exact) mass is 264 g/mol. The van der Waals surface area contributed by atoms with Crippen LogP contribution in [0.15, 0.2) is 18.2 Å². The zero-order valence-electron chi connectivity index (χ0n) is 9.37. The number of hydrogen-bond donors (Lipinski definition) is 2. The van der Waals surface area contributed by atoms with E-state index in [4.69, 9.17) is 5.73 Å². The fraction of sp³-hybridized carbons (Fsp3) is 0.364. The quantitative estimate of drug-likeness (QED) is 0.878. The normalized spacial score (nSPS) is 11.5. The molecule has 0 saturated carbocycles. The molecule has 0 aliphatic carbocycles.